The van der Waals surface area contributed by atoms with E-state index in [1.54, 1.807) is 6.92 Å². The Morgan fingerprint density at radius 3 is 2.29 bits per heavy atom. The van der Waals surface area contributed by atoms with E-state index < -0.39 is 6.04 Å². The normalized spacial score (nSPS) is 15.7. The molecule has 1 atom stereocenters. The van der Waals surface area contributed by atoms with Crippen molar-refractivity contribution in [3.63, 3.8) is 0 Å². The molecular formula is C22H27N3O3. The highest BCUT2D eigenvalue weighted by molar-refractivity contribution is 5.96. The number of piperazine rings is 1. The van der Waals surface area contributed by atoms with Gasteiger partial charge < -0.3 is 15.0 Å². The number of rotatable bonds is 6. The van der Waals surface area contributed by atoms with Crippen molar-refractivity contribution in [1.82, 2.24) is 9.80 Å². The summed E-state index contributed by atoms with van der Waals surface area (Å²) < 4.78 is 5.64. The van der Waals surface area contributed by atoms with Crippen LogP contribution in [-0.2, 0) is 9.59 Å². The lowest BCUT2D eigenvalue weighted by atomic mass is 10.0. The molecule has 6 nitrogen and oxygen atoms in total. The minimum Gasteiger partial charge on any atom is -0.492 e. The molecule has 0 aromatic heterocycles. The van der Waals surface area contributed by atoms with Crippen molar-refractivity contribution in [3.8, 4) is 5.75 Å². The molecule has 0 saturated carbocycles. The van der Waals surface area contributed by atoms with Gasteiger partial charge in [-0.3, -0.25) is 14.5 Å². The molecule has 1 aliphatic heterocycles. The maximum Gasteiger partial charge on any atom is 0.246 e. The highest BCUT2D eigenvalue weighted by Gasteiger charge is 2.31. The van der Waals surface area contributed by atoms with Gasteiger partial charge in [0.1, 0.15) is 11.8 Å². The second-order valence-electron chi connectivity index (χ2n) is 6.77. The van der Waals surface area contributed by atoms with Crippen LogP contribution in [0.1, 0.15) is 25.5 Å². The lowest BCUT2D eigenvalue weighted by molar-refractivity contribution is -0.131. The standard InChI is InChI=1S/C22H27N3O3/c1-3-28-20-12-8-7-11-19(20)23-22(27)21(18-9-5-4-6-10-18)25-15-13-24(14-16-25)17(2)26/h4-12,21H,3,13-16H2,1-2H3,(H,23,27)/t21-/m1/s1. The van der Waals surface area contributed by atoms with Crippen molar-refractivity contribution < 1.29 is 14.3 Å². The number of hydrogen-bond acceptors (Lipinski definition) is 4. The molecule has 148 valence electrons. The Kier molecular flexibility index (Phi) is 6.66. The number of hydrogen-bond donors (Lipinski definition) is 1. The summed E-state index contributed by atoms with van der Waals surface area (Å²) in [4.78, 5) is 28.9. The Balaban J connectivity index is 1.82. The molecule has 1 N–H and O–H groups in total. The summed E-state index contributed by atoms with van der Waals surface area (Å²) in [6, 6.07) is 16.8. The average Bonchev–Trinajstić information content (AvgIpc) is 2.71. The summed E-state index contributed by atoms with van der Waals surface area (Å²) in [5.74, 6) is 0.632. The van der Waals surface area contributed by atoms with Crippen LogP contribution in [0.15, 0.2) is 54.6 Å². The zero-order valence-corrected chi connectivity index (χ0v) is 16.4. The summed E-state index contributed by atoms with van der Waals surface area (Å²) in [5.41, 5.74) is 1.60. The first-order valence-corrected chi connectivity index (χ1v) is 9.67. The van der Waals surface area contributed by atoms with E-state index in [0.29, 0.717) is 44.2 Å². The molecule has 6 heteroatoms. The Labute approximate surface area is 166 Å². The van der Waals surface area contributed by atoms with Crippen LogP contribution in [0.25, 0.3) is 0 Å². The molecular weight excluding hydrogens is 354 g/mol. The maximum atomic E-state index is 13.3. The van der Waals surface area contributed by atoms with E-state index >= 15 is 0 Å². The van der Waals surface area contributed by atoms with Crippen molar-refractivity contribution in [3.05, 3.63) is 60.2 Å². The van der Waals surface area contributed by atoms with Gasteiger partial charge in [0, 0.05) is 33.1 Å². The largest absolute Gasteiger partial charge is 0.492 e. The van der Waals surface area contributed by atoms with Crippen molar-refractivity contribution in [2.24, 2.45) is 0 Å². The monoisotopic (exact) mass is 381 g/mol. The molecule has 1 fully saturated rings. The van der Waals surface area contributed by atoms with E-state index in [1.807, 2.05) is 66.4 Å². The SMILES string of the molecule is CCOc1ccccc1NC(=O)[C@@H](c1ccccc1)N1CCN(C(C)=O)CC1. The van der Waals surface area contributed by atoms with Crippen LogP contribution in [0.2, 0.25) is 0 Å². The topological polar surface area (TPSA) is 61.9 Å². The van der Waals surface area contributed by atoms with Crippen LogP contribution in [0.4, 0.5) is 5.69 Å². The lowest BCUT2D eigenvalue weighted by Gasteiger charge is -2.38. The molecule has 1 aliphatic rings. The van der Waals surface area contributed by atoms with Gasteiger partial charge in [0.25, 0.3) is 0 Å². The molecule has 1 heterocycles. The van der Waals surface area contributed by atoms with Gasteiger partial charge in [-0.25, -0.2) is 0 Å². The molecule has 2 amide bonds. The molecule has 0 bridgehead atoms. The van der Waals surface area contributed by atoms with Gasteiger partial charge in [0.2, 0.25) is 11.8 Å². The smallest absolute Gasteiger partial charge is 0.246 e. The van der Waals surface area contributed by atoms with E-state index in [0.717, 1.165) is 5.56 Å². The second-order valence-corrected chi connectivity index (χ2v) is 6.77. The third kappa shape index (κ3) is 4.70. The van der Waals surface area contributed by atoms with Crippen LogP contribution in [0.5, 0.6) is 5.75 Å². The number of anilines is 1. The number of benzene rings is 2. The molecule has 1 saturated heterocycles. The van der Waals surface area contributed by atoms with Crippen molar-refractivity contribution in [2.75, 3.05) is 38.1 Å². The van der Waals surface area contributed by atoms with Crippen molar-refractivity contribution in [2.45, 2.75) is 19.9 Å². The minimum atomic E-state index is -0.426. The molecule has 3 rings (SSSR count). The number of carbonyl (C=O) groups excluding carboxylic acids is 2. The number of amides is 2. The summed E-state index contributed by atoms with van der Waals surface area (Å²) >= 11 is 0. The first-order valence-electron chi connectivity index (χ1n) is 9.67. The number of ether oxygens (including phenoxy) is 1. The number of nitrogens with zero attached hydrogens (tertiary/aromatic N) is 2. The first-order chi connectivity index (χ1) is 13.6. The molecule has 2 aromatic rings. The third-order valence-electron chi connectivity index (χ3n) is 4.93. The van der Waals surface area contributed by atoms with E-state index in [2.05, 4.69) is 10.2 Å². The van der Waals surface area contributed by atoms with Crippen LogP contribution >= 0.6 is 0 Å². The third-order valence-corrected chi connectivity index (χ3v) is 4.93. The average molecular weight is 381 g/mol. The Bertz CT molecular complexity index is 802. The van der Waals surface area contributed by atoms with Gasteiger partial charge in [-0.1, -0.05) is 42.5 Å². The van der Waals surface area contributed by atoms with E-state index in [9.17, 15) is 9.59 Å². The highest BCUT2D eigenvalue weighted by Crippen LogP contribution is 2.28. The van der Waals surface area contributed by atoms with E-state index in [1.165, 1.54) is 0 Å². The Morgan fingerprint density at radius 2 is 1.64 bits per heavy atom. The number of para-hydroxylation sites is 2. The summed E-state index contributed by atoms with van der Waals surface area (Å²) in [7, 11) is 0. The summed E-state index contributed by atoms with van der Waals surface area (Å²) in [5, 5.41) is 3.04. The lowest BCUT2D eigenvalue weighted by Crippen LogP contribution is -2.51. The van der Waals surface area contributed by atoms with E-state index in [-0.39, 0.29) is 11.8 Å². The molecule has 0 unspecified atom stereocenters. The predicted octanol–water partition coefficient (Wildman–Crippen LogP) is 2.93. The van der Waals surface area contributed by atoms with Gasteiger partial charge in [0.05, 0.1) is 12.3 Å². The highest BCUT2D eigenvalue weighted by atomic mass is 16.5. The maximum absolute atomic E-state index is 13.3. The van der Waals surface area contributed by atoms with Crippen LogP contribution in [-0.4, -0.2) is 54.4 Å². The fourth-order valence-electron chi connectivity index (χ4n) is 3.51. The number of nitrogens with one attached hydrogen (secondary N) is 1. The predicted molar refractivity (Wildman–Crippen MR) is 109 cm³/mol. The zero-order valence-electron chi connectivity index (χ0n) is 16.4. The zero-order chi connectivity index (χ0) is 19.9. The van der Waals surface area contributed by atoms with Crippen LogP contribution in [0.3, 0.4) is 0 Å². The second kappa shape index (κ2) is 9.37. The quantitative estimate of drug-likeness (QED) is 0.836. The van der Waals surface area contributed by atoms with Crippen molar-refractivity contribution in [1.29, 1.82) is 0 Å². The Morgan fingerprint density at radius 1 is 1.00 bits per heavy atom. The van der Waals surface area contributed by atoms with Gasteiger partial charge in [-0.2, -0.15) is 0 Å². The number of carbonyl (C=O) groups is 2. The van der Waals surface area contributed by atoms with Gasteiger partial charge in [-0.05, 0) is 24.6 Å². The van der Waals surface area contributed by atoms with Crippen molar-refractivity contribution >= 4 is 17.5 Å². The Hall–Kier alpha value is -2.86. The molecule has 0 aliphatic carbocycles. The summed E-state index contributed by atoms with van der Waals surface area (Å²) in [6.45, 7) is 6.59. The summed E-state index contributed by atoms with van der Waals surface area (Å²) in [6.07, 6.45) is 0. The molecule has 2 aromatic carbocycles. The fourth-order valence-corrected chi connectivity index (χ4v) is 3.51. The van der Waals surface area contributed by atoms with Gasteiger partial charge in [-0.15, -0.1) is 0 Å². The van der Waals surface area contributed by atoms with Gasteiger partial charge >= 0.3 is 0 Å². The van der Waals surface area contributed by atoms with E-state index in [4.69, 9.17) is 4.74 Å². The van der Waals surface area contributed by atoms with Crippen LogP contribution < -0.4 is 10.1 Å². The minimum absolute atomic E-state index is 0.0750. The first kappa shape index (κ1) is 19.9. The molecule has 0 spiro atoms. The van der Waals surface area contributed by atoms with Gasteiger partial charge in [0.15, 0.2) is 0 Å². The van der Waals surface area contributed by atoms with Crippen LogP contribution in [0, 0.1) is 0 Å². The fraction of sp³-hybridized carbons (Fsp3) is 0.364. The molecule has 28 heavy (non-hydrogen) atoms. The molecule has 0 radical (unpaired) electrons.